The first kappa shape index (κ1) is 27.4. The Hall–Kier alpha value is -4.14. The maximum Gasteiger partial charge on any atom is 0.301 e. The van der Waals surface area contributed by atoms with Crippen LogP contribution in [0.3, 0.4) is 0 Å². The van der Waals surface area contributed by atoms with E-state index in [2.05, 4.69) is 32.9 Å². The van der Waals surface area contributed by atoms with Gasteiger partial charge >= 0.3 is 5.24 Å². The van der Waals surface area contributed by atoms with Gasteiger partial charge in [0.1, 0.15) is 5.84 Å². The van der Waals surface area contributed by atoms with E-state index in [1.807, 2.05) is 30.3 Å². The highest BCUT2D eigenvalue weighted by atomic mass is 32.2. The van der Waals surface area contributed by atoms with Crippen molar-refractivity contribution in [2.75, 3.05) is 35.2 Å². The van der Waals surface area contributed by atoms with E-state index in [1.165, 1.54) is 22.3 Å². The zero-order valence-corrected chi connectivity index (χ0v) is 23.8. The number of sulfonamides is 1. The van der Waals surface area contributed by atoms with Crippen LogP contribution in [0, 0.1) is 11.3 Å². The van der Waals surface area contributed by atoms with Gasteiger partial charge in [-0.1, -0.05) is 30.0 Å². The normalized spacial score (nSPS) is 15.8. The fourth-order valence-electron chi connectivity index (χ4n) is 4.70. The number of rotatable bonds is 6. The van der Waals surface area contributed by atoms with Gasteiger partial charge in [-0.15, -0.1) is 0 Å². The minimum Gasteiger partial charge on any atom is -0.326 e. The average molecular weight is 573 g/mol. The van der Waals surface area contributed by atoms with Crippen molar-refractivity contribution < 1.29 is 13.2 Å². The number of aryl methyl sites for hydroxylation is 1. The number of amides is 1. The molecular weight excluding hydrogens is 544 g/mol. The van der Waals surface area contributed by atoms with Gasteiger partial charge in [0.05, 0.1) is 30.1 Å². The molecule has 0 spiro atoms. The zero-order valence-electron chi connectivity index (χ0n) is 22.2. The molecule has 0 saturated heterocycles. The second-order valence-corrected chi connectivity index (χ2v) is 12.3. The number of fused-ring (bicyclic) bond motifs is 1. The van der Waals surface area contributed by atoms with Gasteiger partial charge in [-0.2, -0.15) is 10.4 Å². The predicted octanol–water partition coefficient (Wildman–Crippen LogP) is 4.83. The largest absolute Gasteiger partial charge is 0.326 e. The number of carbonyl (C=O) groups is 1. The number of nitrogens with zero attached hydrogens (tertiary/aromatic N) is 5. The van der Waals surface area contributed by atoms with Gasteiger partial charge in [0.15, 0.2) is 0 Å². The molecule has 2 aliphatic heterocycles. The van der Waals surface area contributed by atoms with Crippen molar-refractivity contribution in [3.05, 3.63) is 94.5 Å². The van der Waals surface area contributed by atoms with Gasteiger partial charge in [0.25, 0.3) is 0 Å². The fraction of sp³-hybridized carbons (Fsp3) is 0.241. The number of nitrogens with one attached hydrogen (secondary N) is 1. The molecule has 2 aliphatic rings. The van der Waals surface area contributed by atoms with Crippen molar-refractivity contribution in [1.82, 2.24) is 5.01 Å². The number of carbonyl (C=O) groups excluding carboxylic acids is 1. The molecule has 0 saturated carbocycles. The zero-order chi connectivity index (χ0) is 28.3. The molecule has 3 aromatic carbocycles. The van der Waals surface area contributed by atoms with E-state index in [4.69, 9.17) is 4.99 Å². The summed E-state index contributed by atoms with van der Waals surface area (Å²) in [5, 5.41) is 15.1. The van der Waals surface area contributed by atoms with E-state index in [-0.39, 0.29) is 5.24 Å². The molecule has 1 amide bonds. The molecule has 11 heteroatoms. The van der Waals surface area contributed by atoms with Gasteiger partial charge < -0.3 is 4.90 Å². The van der Waals surface area contributed by atoms with Crippen LogP contribution in [0.4, 0.5) is 16.2 Å². The van der Waals surface area contributed by atoms with Gasteiger partial charge in [0, 0.05) is 36.3 Å². The summed E-state index contributed by atoms with van der Waals surface area (Å²) >= 11 is 1.25. The lowest BCUT2D eigenvalue weighted by molar-refractivity contribution is 0.235. The first-order valence-corrected chi connectivity index (χ1v) is 15.6. The second kappa shape index (κ2) is 11.5. The first-order valence-electron chi connectivity index (χ1n) is 12.7. The van der Waals surface area contributed by atoms with Crippen LogP contribution in [0.5, 0.6) is 0 Å². The highest BCUT2D eigenvalue weighted by Crippen LogP contribution is 2.31. The molecule has 0 unspecified atom stereocenters. The molecule has 0 aromatic heterocycles. The summed E-state index contributed by atoms with van der Waals surface area (Å²) < 4.78 is 25.5. The molecule has 0 atom stereocenters. The van der Waals surface area contributed by atoms with Crippen LogP contribution in [0.15, 0.2) is 76.8 Å². The minimum absolute atomic E-state index is 0.0579. The summed E-state index contributed by atoms with van der Waals surface area (Å²) in [6.45, 7) is 1.18. The molecular formula is C29H28N6O3S2. The Bertz CT molecular complexity index is 1640. The van der Waals surface area contributed by atoms with Crippen molar-refractivity contribution in [1.29, 1.82) is 5.26 Å². The number of hydrogen-bond donors (Lipinski definition) is 1. The average Bonchev–Trinajstić information content (AvgIpc) is 2.95. The lowest BCUT2D eigenvalue weighted by atomic mass is 9.96. The molecule has 3 aromatic rings. The maximum absolute atomic E-state index is 11.8. The molecule has 5 rings (SSSR count). The molecule has 40 heavy (non-hydrogen) atoms. The lowest BCUT2D eigenvalue weighted by Crippen LogP contribution is -2.36. The van der Waals surface area contributed by atoms with Crippen molar-refractivity contribution >= 4 is 49.9 Å². The Morgan fingerprint density at radius 2 is 1.88 bits per heavy atom. The van der Waals surface area contributed by atoms with Crippen molar-refractivity contribution in [3.63, 3.8) is 0 Å². The van der Waals surface area contributed by atoms with Crippen LogP contribution in [0.2, 0.25) is 0 Å². The molecule has 0 fully saturated rings. The van der Waals surface area contributed by atoms with Crippen LogP contribution in [0.1, 0.15) is 34.2 Å². The van der Waals surface area contributed by atoms with E-state index < -0.39 is 10.0 Å². The minimum atomic E-state index is -3.35. The highest BCUT2D eigenvalue weighted by molar-refractivity contribution is 8.14. The number of aliphatic imine (C=N–C) groups is 1. The van der Waals surface area contributed by atoms with Crippen LogP contribution in [-0.4, -0.2) is 55.8 Å². The monoisotopic (exact) mass is 572 g/mol. The topological polar surface area (TPSA) is 118 Å². The quantitative estimate of drug-likeness (QED) is 0.334. The third kappa shape index (κ3) is 6.35. The number of nitriles is 1. The van der Waals surface area contributed by atoms with E-state index in [0.717, 1.165) is 59.6 Å². The second-order valence-electron chi connectivity index (χ2n) is 9.62. The summed E-state index contributed by atoms with van der Waals surface area (Å²) in [4.78, 5) is 19.1. The SMILES string of the molecule is CN1N=C(c2ccc3c(c2)CCCN3C(=NCc2ccc(NS(C)(=O)=O)cc2)c2ccc(C#N)cc2)CSC1=O. The fourth-order valence-corrected chi connectivity index (χ4v) is 5.97. The number of hydrogen-bond acceptors (Lipinski definition) is 7. The Morgan fingerprint density at radius 3 is 2.55 bits per heavy atom. The highest BCUT2D eigenvalue weighted by Gasteiger charge is 2.25. The standard InChI is InChI=1S/C29H28N6O3S2/c1-34-29(36)39-19-26(32-34)23-11-14-27-24(16-23)4-3-15-35(27)28(22-9-5-20(17-30)6-10-22)31-18-21-7-12-25(13-8-21)33-40(2,37)38/h5-14,16,33H,3-4,15,18-19H2,1-2H3. The number of amidine groups is 1. The Kier molecular flexibility index (Phi) is 7.91. The number of benzene rings is 3. The van der Waals surface area contributed by atoms with Gasteiger partial charge in [-0.05, 0) is 78.1 Å². The molecule has 2 heterocycles. The Morgan fingerprint density at radius 1 is 1.12 bits per heavy atom. The molecule has 204 valence electrons. The van der Waals surface area contributed by atoms with Gasteiger partial charge in [-0.25, -0.2) is 13.4 Å². The summed E-state index contributed by atoms with van der Waals surface area (Å²) in [5.74, 6) is 1.34. The van der Waals surface area contributed by atoms with E-state index in [0.29, 0.717) is 23.5 Å². The maximum atomic E-state index is 11.8. The molecule has 0 bridgehead atoms. The van der Waals surface area contributed by atoms with E-state index >= 15 is 0 Å². The van der Waals surface area contributed by atoms with Crippen LogP contribution >= 0.6 is 11.8 Å². The van der Waals surface area contributed by atoms with Gasteiger partial charge in [-0.3, -0.25) is 14.5 Å². The molecule has 9 nitrogen and oxygen atoms in total. The van der Waals surface area contributed by atoms with Crippen molar-refractivity contribution in [2.24, 2.45) is 10.1 Å². The number of anilines is 2. The number of hydrazone groups is 1. The first-order chi connectivity index (χ1) is 19.2. The van der Waals surface area contributed by atoms with Crippen molar-refractivity contribution in [3.8, 4) is 6.07 Å². The van der Waals surface area contributed by atoms with Crippen LogP contribution < -0.4 is 9.62 Å². The van der Waals surface area contributed by atoms with Crippen LogP contribution in [0.25, 0.3) is 0 Å². The molecule has 0 aliphatic carbocycles. The predicted molar refractivity (Wildman–Crippen MR) is 161 cm³/mol. The summed E-state index contributed by atoms with van der Waals surface area (Å²) in [7, 11) is -1.68. The lowest BCUT2D eigenvalue weighted by Gasteiger charge is -2.33. The smallest absolute Gasteiger partial charge is 0.301 e. The third-order valence-electron chi connectivity index (χ3n) is 6.60. The van der Waals surface area contributed by atoms with E-state index in [9.17, 15) is 18.5 Å². The summed E-state index contributed by atoms with van der Waals surface area (Å²) in [5.41, 5.74) is 7.06. The van der Waals surface area contributed by atoms with Gasteiger partial charge in [0.2, 0.25) is 10.0 Å². The summed E-state index contributed by atoms with van der Waals surface area (Å²) in [6, 6.07) is 23.1. The Labute approximate surface area is 238 Å². The van der Waals surface area contributed by atoms with Crippen LogP contribution in [-0.2, 0) is 23.0 Å². The van der Waals surface area contributed by atoms with E-state index in [1.54, 1.807) is 31.3 Å². The Balaban J connectivity index is 1.48. The summed E-state index contributed by atoms with van der Waals surface area (Å²) in [6.07, 6.45) is 2.98. The van der Waals surface area contributed by atoms with Crippen molar-refractivity contribution in [2.45, 2.75) is 19.4 Å². The molecule has 1 N–H and O–H groups in total. The third-order valence-corrected chi connectivity index (χ3v) is 8.13. The number of thioether (sulfide) groups is 1. The molecule has 0 radical (unpaired) electrons.